The molecule has 9 aliphatic rings. The maximum atomic E-state index is 14.5. The molecule has 4 saturated heterocycles. The minimum absolute atomic E-state index is 0.106. The van der Waals surface area contributed by atoms with Crippen molar-refractivity contribution in [2.24, 2.45) is 23.7 Å². The number of pyridine rings is 1. The zero-order valence-corrected chi connectivity index (χ0v) is 73.8. The molecule has 4 saturated carbocycles. The Morgan fingerprint density at radius 1 is 0.352 bits per heavy atom. The van der Waals surface area contributed by atoms with Gasteiger partial charge in [-0.3, -0.25) is 24.9 Å². The van der Waals surface area contributed by atoms with Crippen molar-refractivity contribution in [1.82, 2.24) is 74.8 Å². The highest BCUT2D eigenvalue weighted by atomic mass is 19.1. The van der Waals surface area contributed by atoms with E-state index in [1.165, 1.54) is 41.6 Å². The van der Waals surface area contributed by atoms with Crippen LogP contribution in [0.2, 0.25) is 0 Å². The quantitative estimate of drug-likeness (QED) is 0.0699. The number of halogens is 1. The lowest BCUT2D eigenvalue weighted by Gasteiger charge is -2.31. The molecule has 4 aromatic carbocycles. The van der Waals surface area contributed by atoms with Crippen LogP contribution in [-0.2, 0) is 51.1 Å². The highest BCUT2D eigenvalue weighted by Crippen LogP contribution is 2.42. The van der Waals surface area contributed by atoms with Gasteiger partial charge >= 0.3 is 0 Å². The van der Waals surface area contributed by atoms with Crippen molar-refractivity contribution in [2.45, 2.75) is 173 Å². The summed E-state index contributed by atoms with van der Waals surface area (Å²) in [7, 11) is 1.67. The highest BCUT2D eigenvalue weighted by molar-refractivity contribution is 5.88. The van der Waals surface area contributed by atoms with E-state index in [9.17, 15) is 4.39 Å². The number of morpholine rings is 4. The van der Waals surface area contributed by atoms with Gasteiger partial charge in [-0.15, -0.1) is 0 Å². The van der Waals surface area contributed by atoms with Crippen LogP contribution >= 0.6 is 0 Å². The van der Waals surface area contributed by atoms with Gasteiger partial charge in [0.25, 0.3) is 0 Å². The van der Waals surface area contributed by atoms with Gasteiger partial charge in [-0.05, 0) is 207 Å². The second-order valence-electron chi connectivity index (χ2n) is 35.2. The number of ether oxygens (including phenoxy) is 9. The normalized spacial score (nSPS) is 21.9. The van der Waals surface area contributed by atoms with Crippen LogP contribution in [0.3, 0.4) is 0 Å². The first-order valence-electron chi connectivity index (χ1n) is 46.3. The molecule has 4 aliphatic carbocycles. The SMILES string of the molecule is CNc1ncnc(CC2CCC(Oc3cc(N4CCOCC4)cc4nccnc34)CC2)c1F.Cc1cncc(CC2CCC(Oc3cc(N4CCOCC4)cc4nccnc34)CC2)c1.Cc1cncnc1CC1CCC(Oc2cc(N3CCOCC3)cc3nccnc23)CC1.c1nc2c(c(CC3CCC(Oc4cc(N5CCOCC5)cc5nccnc45)CC3)n1)OCC2. The van der Waals surface area contributed by atoms with Crippen LogP contribution in [0, 0.1) is 43.3 Å². The Bertz CT molecular complexity index is 5650. The summed E-state index contributed by atoms with van der Waals surface area (Å²) in [6.07, 6.45) is 46.9. The molecule has 0 bridgehead atoms. The molecule has 5 aliphatic heterocycles. The van der Waals surface area contributed by atoms with Crippen molar-refractivity contribution in [3.63, 3.8) is 0 Å². The Hall–Kier alpha value is -11.6. The van der Waals surface area contributed by atoms with Gasteiger partial charge < -0.3 is 67.5 Å². The van der Waals surface area contributed by atoms with E-state index in [0.717, 1.165) is 334 Å². The van der Waals surface area contributed by atoms with Crippen LogP contribution in [0.25, 0.3) is 44.1 Å². The number of nitrogens with zero attached hydrogens (tertiary/aromatic N) is 19. The van der Waals surface area contributed by atoms with Crippen molar-refractivity contribution in [3.05, 3.63) is 187 Å². The summed E-state index contributed by atoms with van der Waals surface area (Å²) in [6, 6.07) is 19.2. The number of anilines is 5. The van der Waals surface area contributed by atoms with Crippen molar-refractivity contribution in [2.75, 3.05) is 144 Å². The van der Waals surface area contributed by atoms with Crippen LogP contribution in [0.1, 0.15) is 142 Å². The van der Waals surface area contributed by atoms with Crippen molar-refractivity contribution in [3.8, 4) is 28.7 Å². The van der Waals surface area contributed by atoms with E-state index in [2.05, 4.69) is 168 Å². The Morgan fingerprint density at radius 2 is 0.703 bits per heavy atom. The zero-order chi connectivity index (χ0) is 86.8. The monoisotopic (exact) mass is 1740 g/mol. The summed E-state index contributed by atoms with van der Waals surface area (Å²) in [6.45, 7) is 17.9. The van der Waals surface area contributed by atoms with Crippen molar-refractivity contribution >= 4 is 72.7 Å². The van der Waals surface area contributed by atoms with Crippen LogP contribution in [0.5, 0.6) is 28.7 Å². The van der Waals surface area contributed by atoms with Gasteiger partial charge in [0, 0.05) is 187 Å². The Morgan fingerprint density at radius 3 is 1.09 bits per heavy atom. The Kier molecular flexibility index (Phi) is 29.0. The Balaban J connectivity index is 0.000000115. The van der Waals surface area contributed by atoms with E-state index < -0.39 is 0 Å². The summed E-state index contributed by atoms with van der Waals surface area (Å²) in [5.41, 5.74) is 18.9. The van der Waals surface area contributed by atoms with Gasteiger partial charge in [0.15, 0.2) is 17.4 Å². The fraction of sp³-hybridized carbons (Fsp3) is 0.500. The van der Waals surface area contributed by atoms with E-state index in [4.69, 9.17) is 42.6 Å². The summed E-state index contributed by atoms with van der Waals surface area (Å²) in [5.74, 6) is 6.53. The smallest absolute Gasteiger partial charge is 0.186 e. The standard InChI is InChI=1S/C25H29N5O3.C25H30N4O2.C24H29FN6O2.C24H29N5O2/c1-3-19(4-2-17(1)13-22-25-20(5-10-32-25)28-16-29-22)33-23-15-18(30-8-11-31-12-9-30)14-21-24(23)27-7-6-26-21;1-18-12-20(17-26-16-18)13-19-2-4-22(5-3-19)31-24-15-21(29-8-10-30-11-9-29)14-23-25(24)28-7-6-27-23;1-26-24-22(25)19(29-15-30-24)12-16-2-4-18(5-3-16)33-21-14-17(31-8-10-32-11-9-31)13-20-23(21)28-7-6-27-20;1-17-15-25-16-28-21(17)12-18-2-4-20(5-3-18)31-23-14-19(29-8-10-30-11-9-29)13-22-24(23)27-7-6-26-22/h6-7,14-17,19H,1-5,8-13H2;6-7,12,14-17,19,22H,2-5,8-11,13H2,1H3;6-7,13-16,18H,2-5,8-12H2,1H3,(H,26,29,30);6-7,13-16,18,20H,2-5,8-12H2,1H3. The van der Waals surface area contributed by atoms with E-state index >= 15 is 0 Å². The van der Waals surface area contributed by atoms with Gasteiger partial charge in [-0.1, -0.05) is 6.07 Å². The first kappa shape index (κ1) is 87.1. The molecule has 0 spiro atoms. The van der Waals surface area contributed by atoms with E-state index in [1.54, 1.807) is 69.3 Å². The summed E-state index contributed by atoms with van der Waals surface area (Å²) >= 11 is 0. The predicted octanol–water partition coefficient (Wildman–Crippen LogP) is 15.1. The molecule has 0 atom stereocenters. The lowest BCUT2D eigenvalue weighted by molar-refractivity contribution is 0.122. The number of rotatable bonds is 21. The summed E-state index contributed by atoms with van der Waals surface area (Å²) in [5, 5.41) is 2.78. The number of aromatic nitrogens is 15. The number of nitrogens with one attached hydrogen (secondary N) is 1. The van der Waals surface area contributed by atoms with Gasteiger partial charge in [0.05, 0.1) is 123 Å². The van der Waals surface area contributed by atoms with E-state index in [-0.39, 0.29) is 36.1 Å². The molecule has 13 heterocycles. The van der Waals surface area contributed by atoms with Crippen LogP contribution < -0.4 is 48.6 Å². The number of fused-ring (bicyclic) bond motifs is 5. The molecule has 29 nitrogen and oxygen atoms in total. The van der Waals surface area contributed by atoms with E-state index in [1.807, 2.05) is 18.6 Å². The molecule has 8 fully saturated rings. The minimum atomic E-state index is -0.344. The molecule has 21 rings (SSSR count). The maximum absolute atomic E-state index is 14.5. The third kappa shape index (κ3) is 22.2. The second kappa shape index (κ2) is 42.5. The average Bonchev–Trinajstić information content (AvgIpc) is 0.970. The number of aryl methyl sites for hydroxylation is 2. The first-order chi connectivity index (χ1) is 63.0. The molecule has 12 aromatic rings. The third-order valence-electron chi connectivity index (χ3n) is 26.5. The molecule has 670 valence electrons. The van der Waals surface area contributed by atoms with Gasteiger partial charge in [-0.2, -0.15) is 0 Å². The van der Waals surface area contributed by atoms with Crippen LogP contribution in [-0.4, -0.2) is 218 Å². The topological polar surface area (TPSA) is 301 Å². The lowest BCUT2D eigenvalue weighted by Crippen LogP contribution is -2.36. The van der Waals surface area contributed by atoms with Crippen molar-refractivity contribution in [1.29, 1.82) is 0 Å². The molecule has 8 aromatic heterocycles. The van der Waals surface area contributed by atoms with E-state index in [0.29, 0.717) is 35.8 Å². The molecule has 0 radical (unpaired) electrons. The van der Waals surface area contributed by atoms with Gasteiger partial charge in [0.1, 0.15) is 64.0 Å². The number of benzene rings is 4. The van der Waals surface area contributed by atoms with Gasteiger partial charge in [-0.25, -0.2) is 54.2 Å². The third-order valence-corrected chi connectivity index (χ3v) is 26.5. The number of hydrogen-bond acceptors (Lipinski definition) is 29. The average molecular weight is 1740 g/mol. The van der Waals surface area contributed by atoms with Crippen LogP contribution in [0.4, 0.5) is 33.0 Å². The lowest BCUT2D eigenvalue weighted by atomic mass is 9.83. The predicted molar refractivity (Wildman–Crippen MR) is 489 cm³/mol. The second-order valence-corrected chi connectivity index (χ2v) is 35.2. The van der Waals surface area contributed by atoms with Crippen molar-refractivity contribution < 1.29 is 47.0 Å². The summed E-state index contributed by atoms with van der Waals surface area (Å²) in [4.78, 5) is 75.7. The minimum Gasteiger partial charge on any atom is -0.489 e. The summed E-state index contributed by atoms with van der Waals surface area (Å²) < 4.78 is 68.5. The fourth-order valence-corrected chi connectivity index (χ4v) is 19.5. The van der Waals surface area contributed by atoms with Gasteiger partial charge in [0.2, 0.25) is 0 Å². The molecule has 1 N–H and O–H groups in total. The van der Waals surface area contributed by atoms with Crippen LogP contribution in [0.15, 0.2) is 142 Å². The fourth-order valence-electron chi connectivity index (χ4n) is 19.5. The molecule has 30 heteroatoms. The highest BCUT2D eigenvalue weighted by Gasteiger charge is 2.33. The number of hydrogen-bond donors (Lipinski definition) is 1. The Labute approximate surface area is 746 Å². The first-order valence-corrected chi connectivity index (χ1v) is 46.3. The molecule has 0 unspecified atom stereocenters. The molecular weight excluding hydrogens is 1620 g/mol. The molecular formula is C98H117FN20O9. The molecule has 0 amide bonds. The molecule has 128 heavy (non-hydrogen) atoms. The maximum Gasteiger partial charge on any atom is 0.186 e. The largest absolute Gasteiger partial charge is 0.489 e. The zero-order valence-electron chi connectivity index (χ0n) is 73.8.